The van der Waals surface area contributed by atoms with Gasteiger partial charge >= 0.3 is 27.3 Å². The molecule has 0 aromatic carbocycles. The maximum atomic E-state index is 13.4. The van der Waals surface area contributed by atoms with Gasteiger partial charge in [0.25, 0.3) is 0 Å². The van der Waals surface area contributed by atoms with Crippen molar-refractivity contribution in [1.29, 1.82) is 0 Å². The van der Waals surface area contributed by atoms with Crippen LogP contribution in [0.4, 0.5) is 8.78 Å². The van der Waals surface area contributed by atoms with Crippen LogP contribution in [0.3, 0.4) is 0 Å². The van der Waals surface area contributed by atoms with Crippen molar-refractivity contribution in [3.8, 4) is 0 Å². The molecule has 4 aliphatic carbocycles. The first-order valence-electron chi connectivity index (χ1n) is 11.3. The van der Waals surface area contributed by atoms with Crippen LogP contribution in [-0.2, 0) is 29.2 Å². The number of hydrogen-bond donors (Lipinski definition) is 2. The normalized spacial score (nSPS) is 33.5. The molecule has 0 amide bonds. The molecule has 8 nitrogen and oxygen atoms in total. The topological polar surface area (TPSA) is 127 Å². The number of carbonyl (C=O) groups is 2. The number of halogens is 2. The Morgan fingerprint density at radius 3 is 2.06 bits per heavy atom. The zero-order chi connectivity index (χ0) is 25.1. The largest absolute Gasteiger partial charge is 0.459 e. The van der Waals surface area contributed by atoms with Gasteiger partial charge in [-0.1, -0.05) is 6.92 Å². The van der Waals surface area contributed by atoms with Gasteiger partial charge in [0.05, 0.1) is 16.4 Å². The van der Waals surface area contributed by atoms with Crippen LogP contribution in [0.2, 0.25) is 0 Å². The highest BCUT2D eigenvalue weighted by atomic mass is 32.2. The second-order valence-electron chi connectivity index (χ2n) is 11.4. The average Bonchev–Trinajstić information content (AvgIpc) is 2.62. The van der Waals surface area contributed by atoms with E-state index in [1.807, 2.05) is 0 Å². The fraction of sp³-hybridized carbons (Fsp3) is 0.909. The highest BCUT2D eigenvalue weighted by Crippen LogP contribution is 2.59. The third-order valence-electron chi connectivity index (χ3n) is 7.69. The van der Waals surface area contributed by atoms with Crippen molar-refractivity contribution in [1.82, 2.24) is 0 Å². The van der Waals surface area contributed by atoms with Crippen LogP contribution in [0, 0.1) is 22.7 Å². The van der Waals surface area contributed by atoms with Crippen molar-refractivity contribution in [2.75, 3.05) is 6.61 Å². The molecule has 4 aliphatic rings. The van der Waals surface area contributed by atoms with E-state index in [1.54, 1.807) is 13.8 Å². The van der Waals surface area contributed by atoms with Crippen molar-refractivity contribution >= 4 is 22.1 Å². The predicted molar refractivity (Wildman–Crippen MR) is 113 cm³/mol. The van der Waals surface area contributed by atoms with Gasteiger partial charge in [-0.05, 0) is 77.6 Å². The Hall–Kier alpha value is -1.33. The maximum absolute atomic E-state index is 13.4. The third-order valence-corrected chi connectivity index (χ3v) is 8.56. The number of rotatable bonds is 9. The fourth-order valence-corrected chi connectivity index (χ4v) is 6.59. The van der Waals surface area contributed by atoms with Gasteiger partial charge in [-0.3, -0.25) is 14.1 Å². The molecule has 4 bridgehead atoms. The van der Waals surface area contributed by atoms with Crippen LogP contribution in [0.1, 0.15) is 79.1 Å². The summed E-state index contributed by atoms with van der Waals surface area (Å²) in [5, 5.41) is 6.27. The van der Waals surface area contributed by atoms with E-state index in [-0.39, 0.29) is 6.42 Å². The van der Waals surface area contributed by atoms with E-state index in [4.69, 9.17) is 9.29 Å². The summed E-state index contributed by atoms with van der Waals surface area (Å²) >= 11 is 0. The summed E-state index contributed by atoms with van der Waals surface area (Å²) in [4.78, 5) is 25.8. The van der Waals surface area contributed by atoms with Gasteiger partial charge in [0, 0.05) is 6.42 Å². The van der Waals surface area contributed by atoms with E-state index in [1.165, 1.54) is 13.8 Å². The molecule has 4 saturated carbocycles. The lowest BCUT2D eigenvalue weighted by molar-refractivity contribution is -0.227. The second-order valence-corrected chi connectivity index (χ2v) is 13.0. The minimum atomic E-state index is -5.73. The van der Waals surface area contributed by atoms with Gasteiger partial charge < -0.3 is 14.6 Å². The zero-order valence-electron chi connectivity index (χ0n) is 19.5. The molecule has 4 fully saturated rings. The van der Waals surface area contributed by atoms with Gasteiger partial charge in [-0.25, -0.2) is 0 Å². The SMILES string of the molecule is CCC(C)(CC(C)(C)C(=O)OCC(F)(F)S(=O)(=O)O)C(=O)OC12CC3CC(CC(O)(C3)C1)C2. The van der Waals surface area contributed by atoms with Crippen LogP contribution in [0.15, 0.2) is 0 Å². The molecule has 33 heavy (non-hydrogen) atoms. The van der Waals surface area contributed by atoms with Crippen molar-refractivity contribution in [3.05, 3.63) is 0 Å². The van der Waals surface area contributed by atoms with Crippen LogP contribution in [0.25, 0.3) is 0 Å². The van der Waals surface area contributed by atoms with Crippen LogP contribution in [-0.4, -0.2) is 53.1 Å². The second kappa shape index (κ2) is 8.12. The van der Waals surface area contributed by atoms with Gasteiger partial charge in [-0.2, -0.15) is 17.2 Å². The van der Waals surface area contributed by atoms with E-state index < -0.39 is 56.0 Å². The Morgan fingerprint density at radius 1 is 1.06 bits per heavy atom. The summed E-state index contributed by atoms with van der Waals surface area (Å²) in [6, 6.07) is 0. The lowest BCUT2D eigenvalue weighted by atomic mass is 9.52. The number of carbonyl (C=O) groups excluding carboxylic acids is 2. The Morgan fingerprint density at radius 2 is 1.61 bits per heavy atom. The summed E-state index contributed by atoms with van der Waals surface area (Å²) in [7, 11) is -5.73. The summed E-state index contributed by atoms with van der Waals surface area (Å²) in [5.41, 5.74) is -4.10. The van der Waals surface area contributed by atoms with Crippen molar-refractivity contribution in [2.45, 2.75) is 95.5 Å². The van der Waals surface area contributed by atoms with Crippen molar-refractivity contribution in [3.63, 3.8) is 0 Å². The molecular weight excluding hydrogens is 462 g/mol. The first-order valence-corrected chi connectivity index (χ1v) is 12.8. The van der Waals surface area contributed by atoms with Gasteiger partial charge in [0.1, 0.15) is 5.60 Å². The number of alkyl halides is 2. The molecule has 4 rings (SSSR count). The number of esters is 2. The lowest BCUT2D eigenvalue weighted by Crippen LogP contribution is -2.61. The zero-order valence-corrected chi connectivity index (χ0v) is 20.3. The van der Waals surface area contributed by atoms with E-state index in [2.05, 4.69) is 4.74 Å². The van der Waals surface area contributed by atoms with Crippen molar-refractivity contribution < 1.29 is 45.9 Å². The molecule has 0 aromatic rings. The molecule has 190 valence electrons. The maximum Gasteiger partial charge on any atom is 0.402 e. The quantitative estimate of drug-likeness (QED) is 0.367. The van der Waals surface area contributed by atoms with Crippen LogP contribution < -0.4 is 0 Å². The first-order chi connectivity index (χ1) is 14.8. The minimum Gasteiger partial charge on any atom is -0.459 e. The number of aliphatic hydroxyl groups is 1. The van der Waals surface area contributed by atoms with E-state index >= 15 is 0 Å². The predicted octanol–water partition coefficient (Wildman–Crippen LogP) is 3.47. The number of hydrogen-bond acceptors (Lipinski definition) is 7. The van der Waals surface area contributed by atoms with E-state index in [0.717, 1.165) is 19.3 Å². The molecule has 0 heterocycles. The summed E-state index contributed by atoms with van der Waals surface area (Å²) in [6.45, 7) is 4.38. The van der Waals surface area contributed by atoms with E-state index in [9.17, 15) is 31.9 Å². The highest BCUT2D eigenvalue weighted by Gasteiger charge is 2.60. The van der Waals surface area contributed by atoms with Crippen LogP contribution in [0.5, 0.6) is 0 Å². The van der Waals surface area contributed by atoms with Gasteiger partial charge in [0.2, 0.25) is 0 Å². The fourth-order valence-electron chi connectivity index (χ4n) is 6.38. The first kappa shape index (κ1) is 26.3. The standard InChI is InChI=1S/C22H34F2O8S/c1-5-19(4,11-18(2,3)16(25)31-13-22(23,24)33(28,29)30)17(26)32-21-9-14-6-15(10-21)8-20(27,7-14)12-21/h14-15,27H,5-13H2,1-4H3,(H,28,29,30). The molecule has 3 unspecified atom stereocenters. The van der Waals surface area contributed by atoms with Crippen molar-refractivity contribution in [2.24, 2.45) is 22.7 Å². The molecule has 3 atom stereocenters. The minimum absolute atomic E-state index is 0.0845. The third kappa shape index (κ3) is 5.19. The lowest BCUT2D eigenvalue weighted by Gasteiger charge is -2.59. The molecule has 0 saturated heterocycles. The molecule has 0 spiro atoms. The molecule has 2 N–H and O–H groups in total. The Balaban J connectivity index is 1.69. The summed E-state index contributed by atoms with van der Waals surface area (Å²) in [6.07, 6.45) is 4.49. The Bertz CT molecular complexity index is 901. The van der Waals surface area contributed by atoms with Gasteiger partial charge in [-0.15, -0.1) is 0 Å². The van der Waals surface area contributed by atoms with E-state index in [0.29, 0.717) is 37.5 Å². The molecule has 0 radical (unpaired) electrons. The summed E-state index contributed by atoms with van der Waals surface area (Å²) in [5.74, 6) is -1.01. The molecule has 11 heteroatoms. The molecule has 0 aromatic heterocycles. The van der Waals surface area contributed by atoms with Crippen LogP contribution >= 0.6 is 0 Å². The Labute approximate surface area is 193 Å². The average molecular weight is 497 g/mol. The smallest absolute Gasteiger partial charge is 0.402 e. The van der Waals surface area contributed by atoms with Gasteiger partial charge in [0.15, 0.2) is 6.61 Å². The number of ether oxygens (including phenoxy) is 2. The Kier molecular flexibility index (Phi) is 6.46. The summed E-state index contributed by atoms with van der Waals surface area (Å²) < 4.78 is 67.5. The monoisotopic (exact) mass is 496 g/mol. The molecular formula is C22H34F2O8S. The molecule has 0 aliphatic heterocycles. The highest BCUT2D eigenvalue weighted by molar-refractivity contribution is 7.86.